The second-order valence-electron chi connectivity index (χ2n) is 11.7. The number of allylic oxidation sites excluding steroid dienone is 4. The first-order valence-electron chi connectivity index (χ1n) is 15.2. The minimum absolute atomic E-state index is 0.200. The van der Waals surface area contributed by atoms with Crippen molar-refractivity contribution in [2.75, 3.05) is 0 Å². The SMILES string of the molecule is CC=CC1CCC(C2CC=C(c3ccc(-c4ccc(-c5ccc(CCCC)c(F)c5F)cc4)cc3F)CC2)CC1. The fourth-order valence-electron chi connectivity index (χ4n) is 6.78. The Morgan fingerprint density at radius 2 is 1.45 bits per heavy atom. The van der Waals surface area contributed by atoms with Gasteiger partial charge in [-0.05, 0) is 116 Å². The van der Waals surface area contributed by atoms with E-state index in [1.807, 2.05) is 31.2 Å². The number of hydrogen-bond acceptors (Lipinski definition) is 0. The van der Waals surface area contributed by atoms with E-state index < -0.39 is 11.6 Å². The molecule has 210 valence electrons. The summed E-state index contributed by atoms with van der Waals surface area (Å²) in [6, 6.07) is 16.1. The average Bonchev–Trinajstić information content (AvgIpc) is 2.99. The van der Waals surface area contributed by atoms with Crippen molar-refractivity contribution >= 4 is 5.57 Å². The lowest BCUT2D eigenvalue weighted by Gasteiger charge is -2.35. The normalized spacial score (nSPS) is 21.5. The van der Waals surface area contributed by atoms with Gasteiger partial charge in [-0.3, -0.25) is 0 Å². The van der Waals surface area contributed by atoms with Crippen LogP contribution in [0.1, 0.15) is 82.8 Å². The number of benzene rings is 3. The highest BCUT2D eigenvalue weighted by Gasteiger charge is 2.28. The number of unbranched alkanes of at least 4 members (excludes halogenated alkanes) is 1. The topological polar surface area (TPSA) is 0 Å². The van der Waals surface area contributed by atoms with Crippen LogP contribution in [0.2, 0.25) is 0 Å². The van der Waals surface area contributed by atoms with Gasteiger partial charge in [0.15, 0.2) is 11.6 Å². The standard InChI is InChI=1S/C37H41F3/c1-3-5-7-31-20-23-34(37(40)36(31)39)30-18-14-28(15-19-30)32-21-22-33(35(38)24-32)29-16-12-27(13-17-29)26-10-8-25(6-4-2)9-11-26/h4,6,14-16,18-27H,3,5,7-13,17H2,1-2H3. The van der Waals surface area contributed by atoms with Crippen molar-refractivity contribution in [3.05, 3.63) is 101 Å². The summed E-state index contributed by atoms with van der Waals surface area (Å²) in [5, 5.41) is 0. The lowest BCUT2D eigenvalue weighted by Crippen LogP contribution is -2.22. The Kier molecular flexibility index (Phi) is 9.29. The predicted octanol–water partition coefficient (Wildman–Crippen LogP) is 11.3. The molecular formula is C37H41F3. The lowest BCUT2D eigenvalue weighted by molar-refractivity contribution is 0.212. The zero-order valence-electron chi connectivity index (χ0n) is 23.9. The van der Waals surface area contributed by atoms with Crippen LogP contribution in [0.4, 0.5) is 13.2 Å². The van der Waals surface area contributed by atoms with E-state index >= 15 is 4.39 Å². The summed E-state index contributed by atoms with van der Waals surface area (Å²) in [6.07, 6.45) is 17.5. The molecule has 2 aliphatic rings. The van der Waals surface area contributed by atoms with Crippen LogP contribution >= 0.6 is 0 Å². The summed E-state index contributed by atoms with van der Waals surface area (Å²) in [5.74, 6) is 0.522. The van der Waals surface area contributed by atoms with E-state index in [2.05, 4.69) is 25.2 Å². The Hall–Kier alpha value is -3.07. The summed E-state index contributed by atoms with van der Waals surface area (Å²) >= 11 is 0. The Balaban J connectivity index is 1.25. The number of halogens is 3. The van der Waals surface area contributed by atoms with Crippen molar-refractivity contribution in [3.8, 4) is 22.3 Å². The van der Waals surface area contributed by atoms with Crippen LogP contribution in [0.15, 0.2) is 72.8 Å². The largest absolute Gasteiger partial charge is 0.206 e. The number of rotatable bonds is 8. The van der Waals surface area contributed by atoms with Crippen molar-refractivity contribution in [2.45, 2.75) is 78.1 Å². The molecule has 1 fully saturated rings. The molecule has 40 heavy (non-hydrogen) atoms. The van der Waals surface area contributed by atoms with Crippen molar-refractivity contribution in [1.82, 2.24) is 0 Å². The third-order valence-electron chi connectivity index (χ3n) is 9.21. The summed E-state index contributed by atoms with van der Waals surface area (Å²) in [4.78, 5) is 0. The summed E-state index contributed by atoms with van der Waals surface area (Å²) in [5.41, 5.74) is 4.73. The van der Waals surface area contributed by atoms with Gasteiger partial charge in [0.05, 0.1) is 0 Å². The molecule has 0 N–H and O–H groups in total. The van der Waals surface area contributed by atoms with Crippen molar-refractivity contribution in [1.29, 1.82) is 0 Å². The van der Waals surface area contributed by atoms with Crippen molar-refractivity contribution < 1.29 is 13.2 Å². The van der Waals surface area contributed by atoms with Crippen LogP contribution in [-0.2, 0) is 6.42 Å². The van der Waals surface area contributed by atoms with Crippen molar-refractivity contribution in [2.24, 2.45) is 17.8 Å². The monoisotopic (exact) mass is 542 g/mol. The molecule has 3 aromatic rings. The molecule has 0 saturated heterocycles. The first-order valence-corrected chi connectivity index (χ1v) is 15.2. The van der Waals surface area contributed by atoms with Gasteiger partial charge in [0, 0.05) is 11.1 Å². The molecule has 0 bridgehead atoms. The maximum Gasteiger partial charge on any atom is 0.166 e. The molecule has 0 amide bonds. The maximum absolute atomic E-state index is 15.3. The first-order chi connectivity index (χ1) is 19.5. The van der Waals surface area contributed by atoms with Crippen LogP contribution in [-0.4, -0.2) is 0 Å². The zero-order valence-corrected chi connectivity index (χ0v) is 23.9. The fourth-order valence-corrected chi connectivity index (χ4v) is 6.78. The van der Waals surface area contributed by atoms with Crippen LogP contribution in [0.3, 0.4) is 0 Å². The molecule has 3 aromatic carbocycles. The molecule has 2 aliphatic carbocycles. The molecule has 0 aromatic heterocycles. The Labute approximate surface area is 238 Å². The predicted molar refractivity (Wildman–Crippen MR) is 161 cm³/mol. The first kappa shape index (κ1) is 28.5. The van der Waals surface area contributed by atoms with E-state index in [9.17, 15) is 8.78 Å². The lowest BCUT2D eigenvalue weighted by atomic mass is 9.71. The Morgan fingerprint density at radius 3 is 2.10 bits per heavy atom. The van der Waals surface area contributed by atoms with Crippen LogP contribution < -0.4 is 0 Å². The third kappa shape index (κ3) is 6.29. The highest BCUT2D eigenvalue weighted by molar-refractivity contribution is 5.74. The van der Waals surface area contributed by atoms with Gasteiger partial charge in [-0.2, -0.15) is 0 Å². The van der Waals surface area contributed by atoms with E-state index in [0.29, 0.717) is 23.1 Å². The van der Waals surface area contributed by atoms with Crippen molar-refractivity contribution in [3.63, 3.8) is 0 Å². The fraction of sp³-hybridized carbons (Fsp3) is 0.405. The number of aryl methyl sites for hydroxylation is 1. The molecule has 3 heteroatoms. The molecule has 5 rings (SSSR count). The second-order valence-corrected chi connectivity index (χ2v) is 11.7. The van der Waals surface area contributed by atoms with E-state index in [0.717, 1.165) is 66.6 Å². The molecule has 0 radical (unpaired) electrons. The summed E-state index contributed by atoms with van der Waals surface area (Å²) in [6.45, 7) is 4.14. The number of hydrogen-bond donors (Lipinski definition) is 0. The second kappa shape index (κ2) is 13.1. The highest BCUT2D eigenvalue weighted by atomic mass is 19.2. The zero-order chi connectivity index (χ0) is 28.1. The molecule has 1 unspecified atom stereocenters. The molecular weight excluding hydrogens is 501 g/mol. The molecule has 1 atom stereocenters. The summed E-state index contributed by atoms with van der Waals surface area (Å²) < 4.78 is 44.7. The molecule has 0 nitrogen and oxygen atoms in total. The molecule has 0 aliphatic heterocycles. The van der Waals surface area contributed by atoms with E-state index in [1.165, 1.54) is 25.7 Å². The highest BCUT2D eigenvalue weighted by Crippen LogP contribution is 2.42. The van der Waals surface area contributed by atoms with Crippen LogP contribution in [0.5, 0.6) is 0 Å². The minimum atomic E-state index is -0.805. The van der Waals surface area contributed by atoms with E-state index in [4.69, 9.17) is 0 Å². The van der Waals surface area contributed by atoms with Gasteiger partial charge in [-0.15, -0.1) is 0 Å². The Morgan fingerprint density at radius 1 is 0.750 bits per heavy atom. The van der Waals surface area contributed by atoms with Gasteiger partial charge in [0.2, 0.25) is 0 Å². The smallest absolute Gasteiger partial charge is 0.166 e. The van der Waals surface area contributed by atoms with Gasteiger partial charge in [0.25, 0.3) is 0 Å². The summed E-state index contributed by atoms with van der Waals surface area (Å²) in [7, 11) is 0. The average molecular weight is 543 g/mol. The Bertz CT molecular complexity index is 1360. The molecule has 0 spiro atoms. The minimum Gasteiger partial charge on any atom is -0.206 e. The van der Waals surface area contributed by atoms with E-state index in [-0.39, 0.29) is 11.4 Å². The van der Waals surface area contributed by atoms with Gasteiger partial charge < -0.3 is 0 Å². The van der Waals surface area contributed by atoms with Gasteiger partial charge >= 0.3 is 0 Å². The molecule has 1 saturated carbocycles. The quantitative estimate of drug-likeness (QED) is 0.248. The van der Waals surface area contributed by atoms with Crippen LogP contribution in [0.25, 0.3) is 27.8 Å². The van der Waals surface area contributed by atoms with Gasteiger partial charge in [-0.1, -0.05) is 80.1 Å². The van der Waals surface area contributed by atoms with Gasteiger partial charge in [0.1, 0.15) is 5.82 Å². The van der Waals surface area contributed by atoms with E-state index in [1.54, 1.807) is 30.3 Å². The van der Waals surface area contributed by atoms with Crippen LogP contribution in [0, 0.1) is 35.2 Å². The maximum atomic E-state index is 15.3. The third-order valence-corrected chi connectivity index (χ3v) is 9.21. The van der Waals surface area contributed by atoms with Gasteiger partial charge in [-0.25, -0.2) is 13.2 Å². The molecule has 0 heterocycles.